The Morgan fingerprint density at radius 1 is 1.24 bits per heavy atom. The lowest BCUT2D eigenvalue weighted by molar-refractivity contribution is -0.186. The van der Waals surface area contributed by atoms with Crippen molar-refractivity contribution in [2.45, 2.75) is 19.3 Å². The summed E-state index contributed by atoms with van der Waals surface area (Å²) in [7, 11) is 3.27. The summed E-state index contributed by atoms with van der Waals surface area (Å²) < 4.78 is 46.6. The fraction of sp³-hybridized carbons (Fsp3) is 0.278. The van der Waals surface area contributed by atoms with Gasteiger partial charge in [0.2, 0.25) is 0 Å². The highest BCUT2D eigenvalue weighted by atomic mass is 19.4. The maximum absolute atomic E-state index is 12.7. The normalized spacial score (nSPS) is 13.6. The van der Waals surface area contributed by atoms with Gasteiger partial charge in [0.25, 0.3) is 0 Å². The number of methoxy groups -OCH3 is 1. The summed E-state index contributed by atoms with van der Waals surface area (Å²) in [6.07, 6.45) is 0.193. The average Bonchev–Trinajstić information content (AvgIpc) is 3.34. The van der Waals surface area contributed by atoms with Crippen LogP contribution >= 0.6 is 0 Å². The summed E-state index contributed by atoms with van der Waals surface area (Å²) in [4.78, 5) is 12.2. The number of amides is 1. The van der Waals surface area contributed by atoms with Crippen LogP contribution in [-0.4, -0.2) is 43.7 Å². The van der Waals surface area contributed by atoms with Crippen LogP contribution in [0.5, 0.6) is 5.75 Å². The van der Waals surface area contributed by atoms with Crippen LogP contribution in [0.3, 0.4) is 0 Å². The molecule has 152 valence electrons. The molecular formula is C18H17F3N6O2. The first-order chi connectivity index (χ1) is 13.7. The molecule has 0 radical (unpaired) electrons. The van der Waals surface area contributed by atoms with Gasteiger partial charge in [-0.2, -0.15) is 23.4 Å². The van der Waals surface area contributed by atoms with E-state index in [9.17, 15) is 18.0 Å². The summed E-state index contributed by atoms with van der Waals surface area (Å²) in [5.74, 6) is -1.43. The lowest BCUT2D eigenvalue weighted by Crippen LogP contribution is -2.37. The Labute approximate surface area is 163 Å². The van der Waals surface area contributed by atoms with Crippen molar-refractivity contribution in [1.82, 2.24) is 24.5 Å². The van der Waals surface area contributed by atoms with E-state index < -0.39 is 12.1 Å². The number of ether oxygens (including phenoxy) is 1. The molecule has 0 saturated carbocycles. The lowest BCUT2D eigenvalue weighted by Gasteiger charge is -2.17. The van der Waals surface area contributed by atoms with Crippen LogP contribution in [0, 0.1) is 0 Å². The largest absolute Gasteiger partial charge is 0.495 e. The molecule has 0 atom stereocenters. The van der Waals surface area contributed by atoms with E-state index in [-0.39, 0.29) is 13.1 Å². The van der Waals surface area contributed by atoms with E-state index in [0.717, 1.165) is 16.0 Å². The number of nitrogen functional groups attached to an aromatic ring is 1. The number of halogens is 3. The van der Waals surface area contributed by atoms with E-state index in [0.29, 0.717) is 28.4 Å². The highest BCUT2D eigenvalue weighted by Gasteiger charge is 2.44. The maximum Gasteiger partial charge on any atom is 0.471 e. The van der Waals surface area contributed by atoms with Crippen molar-refractivity contribution in [3.05, 3.63) is 42.0 Å². The number of carbonyl (C=O) groups is 1. The number of alkyl halides is 3. The van der Waals surface area contributed by atoms with Gasteiger partial charge in [-0.15, -0.1) is 0 Å². The van der Waals surface area contributed by atoms with Gasteiger partial charge in [-0.1, -0.05) is 0 Å². The van der Waals surface area contributed by atoms with E-state index in [4.69, 9.17) is 10.5 Å². The zero-order valence-corrected chi connectivity index (χ0v) is 15.6. The minimum atomic E-state index is -4.91. The number of benzene rings is 1. The van der Waals surface area contributed by atoms with Gasteiger partial charge < -0.3 is 15.4 Å². The molecule has 4 rings (SSSR count). The summed E-state index contributed by atoms with van der Waals surface area (Å²) in [6, 6.07) is 3.44. The van der Waals surface area contributed by atoms with Gasteiger partial charge in [0.1, 0.15) is 5.75 Å². The minimum Gasteiger partial charge on any atom is -0.495 e. The molecule has 2 N–H and O–H groups in total. The number of rotatable bonds is 3. The molecule has 1 aliphatic rings. The zero-order valence-electron chi connectivity index (χ0n) is 15.6. The minimum absolute atomic E-state index is 0.151. The third-order valence-corrected chi connectivity index (χ3v) is 4.72. The summed E-state index contributed by atoms with van der Waals surface area (Å²) in [5.41, 5.74) is 9.61. The van der Waals surface area contributed by atoms with Gasteiger partial charge in [-0.3, -0.25) is 9.48 Å². The number of fused-ring (bicyclic) bond motifs is 1. The molecule has 1 aromatic carbocycles. The molecule has 8 nitrogen and oxygen atoms in total. The molecule has 11 heteroatoms. The van der Waals surface area contributed by atoms with Gasteiger partial charge >= 0.3 is 12.1 Å². The molecule has 0 unspecified atom stereocenters. The SMILES string of the molecule is COc1cc(-n2cc3c(n2)CN(C(=O)C(F)(F)F)C3)c(-c2cnn(C)c2)cc1N. The van der Waals surface area contributed by atoms with Gasteiger partial charge in [0.05, 0.1) is 36.9 Å². The Hall–Kier alpha value is -3.50. The molecule has 3 aromatic rings. The van der Waals surface area contributed by atoms with Crippen molar-refractivity contribution in [3.63, 3.8) is 0 Å². The number of nitrogens with two attached hydrogens (primary N) is 1. The molecule has 0 saturated heterocycles. The Morgan fingerprint density at radius 3 is 2.59 bits per heavy atom. The average molecular weight is 406 g/mol. The van der Waals surface area contributed by atoms with Gasteiger partial charge in [0, 0.05) is 48.7 Å². The molecule has 1 aliphatic heterocycles. The molecule has 0 aliphatic carbocycles. The van der Waals surface area contributed by atoms with Crippen molar-refractivity contribution in [2.75, 3.05) is 12.8 Å². The molecule has 1 amide bonds. The first-order valence-electron chi connectivity index (χ1n) is 8.58. The molecule has 0 spiro atoms. The summed E-state index contributed by atoms with van der Waals surface area (Å²) in [6.45, 7) is -0.350. The zero-order chi connectivity index (χ0) is 20.9. The lowest BCUT2D eigenvalue weighted by atomic mass is 10.1. The number of anilines is 1. The number of hydrogen-bond acceptors (Lipinski definition) is 5. The van der Waals surface area contributed by atoms with Crippen molar-refractivity contribution >= 4 is 11.6 Å². The predicted octanol–water partition coefficient (Wildman–Crippen LogP) is 2.27. The Kier molecular flexibility index (Phi) is 4.25. The van der Waals surface area contributed by atoms with Crippen molar-refractivity contribution < 1.29 is 22.7 Å². The summed E-state index contributed by atoms with van der Waals surface area (Å²) in [5, 5.41) is 8.57. The third kappa shape index (κ3) is 3.28. The smallest absolute Gasteiger partial charge is 0.471 e. The van der Waals surface area contributed by atoms with Crippen LogP contribution in [-0.2, 0) is 24.9 Å². The fourth-order valence-corrected chi connectivity index (χ4v) is 3.34. The predicted molar refractivity (Wildman–Crippen MR) is 97.0 cm³/mol. The topological polar surface area (TPSA) is 91.2 Å². The quantitative estimate of drug-likeness (QED) is 0.674. The third-order valence-electron chi connectivity index (χ3n) is 4.72. The number of hydrogen-bond donors (Lipinski definition) is 1. The number of aryl methyl sites for hydroxylation is 1. The Bertz CT molecular complexity index is 1080. The number of nitrogens with zero attached hydrogens (tertiary/aromatic N) is 5. The standard InChI is InChI=1S/C18H17F3N6O2/c1-25-6-10(5-23-25)12-3-13(22)16(29-2)4-15(12)27-8-11-7-26(9-14(11)24-27)17(28)18(19,20)21/h3-6,8H,7,9,22H2,1-2H3. The van der Waals surface area contributed by atoms with Crippen molar-refractivity contribution in [1.29, 1.82) is 0 Å². The van der Waals surface area contributed by atoms with Crippen LogP contribution < -0.4 is 10.5 Å². The highest BCUT2D eigenvalue weighted by Crippen LogP contribution is 2.36. The second kappa shape index (κ2) is 6.54. The van der Waals surface area contributed by atoms with Crippen LogP contribution in [0.2, 0.25) is 0 Å². The molecule has 3 heterocycles. The van der Waals surface area contributed by atoms with E-state index in [2.05, 4.69) is 10.2 Å². The maximum atomic E-state index is 12.7. The van der Waals surface area contributed by atoms with Crippen molar-refractivity contribution in [3.8, 4) is 22.6 Å². The first kappa shape index (κ1) is 18.8. The Morgan fingerprint density at radius 2 is 2.00 bits per heavy atom. The molecular weight excluding hydrogens is 389 g/mol. The summed E-state index contributed by atoms with van der Waals surface area (Å²) >= 11 is 0. The molecule has 2 aromatic heterocycles. The highest BCUT2D eigenvalue weighted by molar-refractivity contribution is 5.82. The molecule has 29 heavy (non-hydrogen) atoms. The van der Waals surface area contributed by atoms with Crippen LogP contribution in [0.25, 0.3) is 16.8 Å². The second-order valence-corrected chi connectivity index (χ2v) is 6.72. The van der Waals surface area contributed by atoms with Gasteiger partial charge in [0.15, 0.2) is 0 Å². The molecule has 0 fully saturated rings. The second-order valence-electron chi connectivity index (χ2n) is 6.72. The Balaban J connectivity index is 1.73. The van der Waals surface area contributed by atoms with Crippen LogP contribution in [0.1, 0.15) is 11.3 Å². The van der Waals surface area contributed by atoms with Gasteiger partial charge in [-0.05, 0) is 6.07 Å². The van der Waals surface area contributed by atoms with Gasteiger partial charge in [-0.25, -0.2) is 4.68 Å². The van der Waals surface area contributed by atoms with E-state index in [1.54, 1.807) is 40.9 Å². The van der Waals surface area contributed by atoms with Crippen LogP contribution in [0.4, 0.5) is 18.9 Å². The fourth-order valence-electron chi connectivity index (χ4n) is 3.34. The van der Waals surface area contributed by atoms with E-state index in [1.165, 1.54) is 7.11 Å². The number of carbonyl (C=O) groups excluding carboxylic acids is 1. The van der Waals surface area contributed by atoms with E-state index in [1.807, 2.05) is 6.20 Å². The van der Waals surface area contributed by atoms with Crippen LogP contribution in [0.15, 0.2) is 30.7 Å². The molecule has 0 bridgehead atoms. The first-order valence-corrected chi connectivity index (χ1v) is 8.58. The number of aromatic nitrogens is 4. The monoisotopic (exact) mass is 406 g/mol. The van der Waals surface area contributed by atoms with Crippen molar-refractivity contribution in [2.24, 2.45) is 7.05 Å². The van der Waals surface area contributed by atoms with E-state index >= 15 is 0 Å².